The largest absolute Gasteiger partial charge is 0.494 e. The van der Waals surface area contributed by atoms with Gasteiger partial charge in [-0.25, -0.2) is 9.79 Å². The van der Waals surface area contributed by atoms with Crippen LogP contribution >= 0.6 is 11.8 Å². The molecular formula is C26H28N6O5S. The van der Waals surface area contributed by atoms with Gasteiger partial charge >= 0.3 is 5.69 Å². The van der Waals surface area contributed by atoms with E-state index in [4.69, 9.17) is 0 Å². The summed E-state index contributed by atoms with van der Waals surface area (Å²) in [5.41, 5.74) is 2.26. The summed E-state index contributed by atoms with van der Waals surface area (Å²) in [5, 5.41) is 15.4. The van der Waals surface area contributed by atoms with Crippen LogP contribution < -0.4 is 26.8 Å². The zero-order chi connectivity index (χ0) is 27.6. The average molecular weight is 537 g/mol. The molecule has 1 fully saturated rings. The highest BCUT2D eigenvalue weighted by Crippen LogP contribution is 2.32. The average Bonchev–Trinajstić information content (AvgIpc) is 3.18. The third-order valence-electron chi connectivity index (χ3n) is 6.01. The van der Waals surface area contributed by atoms with E-state index < -0.39 is 34.3 Å². The predicted molar refractivity (Wildman–Crippen MR) is 148 cm³/mol. The number of hydrogen-bond donors (Lipinski definition) is 5. The first-order chi connectivity index (χ1) is 18.0. The van der Waals surface area contributed by atoms with E-state index in [0.29, 0.717) is 11.3 Å². The lowest BCUT2D eigenvalue weighted by molar-refractivity contribution is -0.122. The van der Waals surface area contributed by atoms with Crippen LogP contribution in [0.2, 0.25) is 0 Å². The van der Waals surface area contributed by atoms with Crippen molar-refractivity contribution < 1.29 is 14.7 Å². The van der Waals surface area contributed by atoms with Crippen LogP contribution in [0.4, 0.5) is 11.4 Å². The molecule has 1 saturated heterocycles. The topological polar surface area (TPSA) is 160 Å². The maximum Gasteiger partial charge on any atom is 0.328 e. The molecule has 3 aromatic rings. The van der Waals surface area contributed by atoms with E-state index in [1.165, 1.54) is 0 Å². The number of H-pyrrole nitrogens is 2. The van der Waals surface area contributed by atoms with Crippen LogP contribution in [-0.2, 0) is 9.59 Å². The number of aromatic amines is 2. The van der Waals surface area contributed by atoms with E-state index in [1.54, 1.807) is 12.1 Å². The van der Waals surface area contributed by atoms with Gasteiger partial charge in [0.2, 0.25) is 17.7 Å². The number of amides is 2. The van der Waals surface area contributed by atoms with Crippen molar-refractivity contribution in [2.45, 2.75) is 31.6 Å². The van der Waals surface area contributed by atoms with Crippen molar-refractivity contribution in [1.29, 1.82) is 0 Å². The van der Waals surface area contributed by atoms with Crippen molar-refractivity contribution in [3.8, 4) is 5.88 Å². The second kappa shape index (κ2) is 11.0. The fourth-order valence-corrected chi connectivity index (χ4v) is 5.04. The highest BCUT2D eigenvalue weighted by Gasteiger charge is 2.34. The Bertz CT molecular complexity index is 1530. The quantitative estimate of drug-likeness (QED) is 0.309. The molecule has 11 nitrogen and oxygen atoms in total. The first kappa shape index (κ1) is 26.7. The Morgan fingerprint density at radius 1 is 1.11 bits per heavy atom. The molecule has 0 aliphatic carbocycles. The SMILES string of the molecule is Cc1ccc(NC(=O)C[C@@H]2SC(=N[C@H](c3ccc(N(C)C)cc3)c3c(O)[nH]c(=O)[nH]c3=O)NC2=O)c(C)c1. The van der Waals surface area contributed by atoms with Gasteiger partial charge in [0.15, 0.2) is 5.17 Å². The molecule has 0 spiro atoms. The molecule has 1 aliphatic heterocycles. The van der Waals surface area contributed by atoms with Crippen LogP contribution in [0.5, 0.6) is 5.88 Å². The van der Waals surface area contributed by atoms with Gasteiger partial charge in [0.1, 0.15) is 16.9 Å². The molecule has 1 aromatic heterocycles. The van der Waals surface area contributed by atoms with Gasteiger partial charge in [-0.05, 0) is 43.2 Å². The minimum absolute atomic E-state index is 0.0878. The number of benzene rings is 2. The van der Waals surface area contributed by atoms with Gasteiger partial charge in [0.25, 0.3) is 5.56 Å². The Morgan fingerprint density at radius 3 is 2.45 bits per heavy atom. The first-order valence-electron chi connectivity index (χ1n) is 11.8. The molecule has 2 atom stereocenters. The van der Waals surface area contributed by atoms with Gasteiger partial charge in [-0.15, -0.1) is 0 Å². The van der Waals surface area contributed by atoms with Gasteiger partial charge in [-0.1, -0.05) is 41.6 Å². The smallest absolute Gasteiger partial charge is 0.328 e. The van der Waals surface area contributed by atoms with E-state index in [1.807, 2.05) is 63.2 Å². The molecule has 2 amide bonds. The van der Waals surface area contributed by atoms with Crippen molar-refractivity contribution >= 4 is 40.1 Å². The lowest BCUT2D eigenvalue weighted by Gasteiger charge is -2.17. The van der Waals surface area contributed by atoms with Crippen LogP contribution in [0.3, 0.4) is 0 Å². The normalized spacial score (nSPS) is 16.8. The van der Waals surface area contributed by atoms with E-state index in [0.717, 1.165) is 28.6 Å². The van der Waals surface area contributed by atoms with Crippen LogP contribution in [0.1, 0.15) is 34.7 Å². The van der Waals surface area contributed by atoms with Crippen LogP contribution in [0.15, 0.2) is 57.0 Å². The summed E-state index contributed by atoms with van der Waals surface area (Å²) in [6, 6.07) is 11.7. The Morgan fingerprint density at radius 2 is 1.82 bits per heavy atom. The van der Waals surface area contributed by atoms with Crippen molar-refractivity contribution in [2.24, 2.45) is 4.99 Å². The number of aromatic nitrogens is 2. The van der Waals surface area contributed by atoms with Gasteiger partial charge in [0, 0.05) is 31.9 Å². The number of carbonyl (C=O) groups excluding carboxylic acids is 2. The molecule has 5 N–H and O–H groups in total. The van der Waals surface area contributed by atoms with E-state index in [2.05, 4.69) is 25.6 Å². The van der Waals surface area contributed by atoms with Gasteiger partial charge in [-0.2, -0.15) is 0 Å². The zero-order valence-corrected chi connectivity index (χ0v) is 22.1. The highest BCUT2D eigenvalue weighted by molar-refractivity contribution is 8.15. The number of hydrogen-bond acceptors (Lipinski definition) is 8. The van der Waals surface area contributed by atoms with Crippen LogP contribution in [0, 0.1) is 13.8 Å². The zero-order valence-electron chi connectivity index (χ0n) is 21.3. The highest BCUT2D eigenvalue weighted by atomic mass is 32.2. The van der Waals surface area contributed by atoms with Gasteiger partial charge in [-0.3, -0.25) is 24.4 Å². The van der Waals surface area contributed by atoms with Crippen molar-refractivity contribution in [3.63, 3.8) is 0 Å². The number of aromatic hydroxyl groups is 1. The predicted octanol–water partition coefficient (Wildman–Crippen LogP) is 2.16. The minimum Gasteiger partial charge on any atom is -0.494 e. The minimum atomic E-state index is -1.04. The molecule has 12 heteroatoms. The number of aliphatic imine (C=N–C) groups is 1. The summed E-state index contributed by atoms with van der Waals surface area (Å²) < 4.78 is 0. The number of carbonyl (C=O) groups is 2. The number of thioether (sulfide) groups is 1. The number of amidine groups is 1. The second-order valence-corrected chi connectivity index (χ2v) is 10.4. The maximum atomic E-state index is 12.7. The standard InChI is InChI=1S/C26H28N6O5S/c1-13-5-10-17(14(2)11-13)27-19(33)12-18-22(34)31-26(38-18)28-21(15-6-8-16(9-7-15)32(3)4)20-23(35)29-25(37)30-24(20)36/h5-11,18,21H,12H2,1-4H3,(H,27,33)(H,28,31,34)(H3,29,30,35,36,37)/t18-,21+/m0/s1. The molecular weight excluding hydrogens is 508 g/mol. The number of aryl methyl sites for hydroxylation is 2. The molecule has 2 heterocycles. The molecule has 0 unspecified atom stereocenters. The number of anilines is 2. The number of rotatable bonds is 7. The fraction of sp³-hybridized carbons (Fsp3) is 0.269. The third kappa shape index (κ3) is 5.97. The molecule has 0 bridgehead atoms. The lowest BCUT2D eigenvalue weighted by atomic mass is 10.0. The van der Waals surface area contributed by atoms with E-state index in [-0.39, 0.29) is 23.1 Å². The molecule has 1 aliphatic rings. The van der Waals surface area contributed by atoms with Crippen molar-refractivity contribution in [1.82, 2.24) is 15.3 Å². The summed E-state index contributed by atoms with van der Waals surface area (Å²) in [4.78, 5) is 60.4. The summed E-state index contributed by atoms with van der Waals surface area (Å²) >= 11 is 1.06. The van der Waals surface area contributed by atoms with Crippen molar-refractivity contribution in [2.75, 3.05) is 24.3 Å². The third-order valence-corrected chi connectivity index (χ3v) is 7.10. The summed E-state index contributed by atoms with van der Waals surface area (Å²) in [5.74, 6) is -1.34. The molecule has 0 saturated carbocycles. The Hall–Kier alpha value is -4.32. The monoisotopic (exact) mass is 536 g/mol. The molecule has 38 heavy (non-hydrogen) atoms. The molecule has 4 rings (SSSR count). The van der Waals surface area contributed by atoms with Crippen LogP contribution in [-0.4, -0.2) is 51.4 Å². The lowest BCUT2D eigenvalue weighted by Crippen LogP contribution is -2.29. The van der Waals surface area contributed by atoms with Gasteiger partial charge < -0.3 is 20.6 Å². The Balaban J connectivity index is 1.60. The fourth-order valence-electron chi connectivity index (χ4n) is 4.04. The maximum absolute atomic E-state index is 12.7. The van der Waals surface area contributed by atoms with Crippen molar-refractivity contribution in [3.05, 3.63) is 85.6 Å². The summed E-state index contributed by atoms with van der Waals surface area (Å²) in [7, 11) is 3.76. The Labute approximate surface area is 222 Å². The summed E-state index contributed by atoms with van der Waals surface area (Å²) in [6.45, 7) is 3.85. The second-order valence-electron chi connectivity index (χ2n) is 9.16. The molecule has 198 valence electrons. The summed E-state index contributed by atoms with van der Waals surface area (Å²) in [6.07, 6.45) is -0.0878. The van der Waals surface area contributed by atoms with E-state index >= 15 is 0 Å². The van der Waals surface area contributed by atoms with Crippen LogP contribution in [0.25, 0.3) is 0 Å². The molecule has 0 radical (unpaired) electrons. The number of nitrogens with zero attached hydrogens (tertiary/aromatic N) is 2. The number of nitrogens with one attached hydrogen (secondary N) is 4. The first-order valence-corrected chi connectivity index (χ1v) is 12.6. The molecule has 2 aromatic carbocycles. The van der Waals surface area contributed by atoms with Gasteiger partial charge in [0.05, 0.1) is 0 Å². The Kier molecular flexibility index (Phi) is 7.72. The van der Waals surface area contributed by atoms with E-state index in [9.17, 15) is 24.3 Å².